The molecule has 88 valence electrons. The second-order valence-electron chi connectivity index (χ2n) is 3.55. The van der Waals surface area contributed by atoms with Gasteiger partial charge in [-0.25, -0.2) is 9.78 Å². The Morgan fingerprint density at radius 3 is 3.00 bits per heavy atom. The zero-order valence-electron chi connectivity index (χ0n) is 8.85. The smallest absolute Gasteiger partial charge is 0.358 e. The highest BCUT2D eigenvalue weighted by Gasteiger charge is 2.20. The first-order chi connectivity index (χ1) is 7.79. The molecule has 0 spiro atoms. The van der Waals surface area contributed by atoms with Crippen LogP contribution in [0.1, 0.15) is 28.3 Å². The summed E-state index contributed by atoms with van der Waals surface area (Å²) in [6.07, 6.45) is 1.49. The van der Waals surface area contributed by atoms with Gasteiger partial charge in [-0.1, -0.05) is 0 Å². The Bertz CT molecular complexity index is 361. The molecule has 16 heavy (non-hydrogen) atoms. The van der Waals surface area contributed by atoms with Gasteiger partial charge in [-0.3, -0.25) is 0 Å². The summed E-state index contributed by atoms with van der Waals surface area (Å²) in [5.41, 5.74) is 5.79. The minimum atomic E-state index is -0.358. The summed E-state index contributed by atoms with van der Waals surface area (Å²) in [7, 11) is 0. The summed E-state index contributed by atoms with van der Waals surface area (Å²) in [6, 6.07) is 0. The number of hydrogen-bond donors (Lipinski definition) is 1. The Labute approximate surface area is 97.6 Å². The van der Waals surface area contributed by atoms with E-state index in [0.29, 0.717) is 25.5 Å². The molecule has 2 heterocycles. The summed E-state index contributed by atoms with van der Waals surface area (Å²) >= 11 is 1.38. The van der Waals surface area contributed by atoms with Gasteiger partial charge in [0.2, 0.25) is 0 Å². The number of carbonyl (C=O) groups excluding carboxylic acids is 1. The molecule has 1 aliphatic heterocycles. The van der Waals surface area contributed by atoms with Gasteiger partial charge in [-0.05, 0) is 0 Å². The molecular weight excluding hydrogens is 228 g/mol. The van der Waals surface area contributed by atoms with Crippen LogP contribution in [-0.4, -0.2) is 30.3 Å². The van der Waals surface area contributed by atoms with E-state index < -0.39 is 0 Å². The van der Waals surface area contributed by atoms with Crippen molar-refractivity contribution in [1.29, 1.82) is 0 Å². The molecule has 2 N–H and O–H groups in total. The van der Waals surface area contributed by atoms with E-state index >= 15 is 0 Å². The molecule has 1 aromatic rings. The van der Waals surface area contributed by atoms with E-state index in [4.69, 9.17) is 15.2 Å². The number of aromatic nitrogens is 1. The van der Waals surface area contributed by atoms with Crippen molar-refractivity contribution < 1.29 is 14.3 Å². The predicted molar refractivity (Wildman–Crippen MR) is 59.3 cm³/mol. The van der Waals surface area contributed by atoms with Crippen molar-refractivity contribution in [2.24, 2.45) is 5.73 Å². The van der Waals surface area contributed by atoms with E-state index in [2.05, 4.69) is 4.98 Å². The van der Waals surface area contributed by atoms with Crippen molar-refractivity contribution in [2.75, 3.05) is 13.2 Å². The zero-order chi connectivity index (χ0) is 11.4. The third-order valence-electron chi connectivity index (χ3n) is 2.38. The SMILES string of the molecule is NCc1nc(C(=O)OC2CCOCC2)cs1. The van der Waals surface area contributed by atoms with Crippen LogP contribution in [0.3, 0.4) is 0 Å². The Hall–Kier alpha value is -0.980. The van der Waals surface area contributed by atoms with E-state index in [1.807, 2.05) is 0 Å². The van der Waals surface area contributed by atoms with Crippen LogP contribution in [0.25, 0.3) is 0 Å². The lowest BCUT2D eigenvalue weighted by Gasteiger charge is -2.21. The highest BCUT2D eigenvalue weighted by Crippen LogP contribution is 2.15. The number of thiazole rings is 1. The van der Waals surface area contributed by atoms with Gasteiger partial charge >= 0.3 is 5.97 Å². The van der Waals surface area contributed by atoms with Crippen LogP contribution in [0, 0.1) is 0 Å². The quantitative estimate of drug-likeness (QED) is 0.798. The van der Waals surface area contributed by atoms with Crippen molar-refractivity contribution in [3.8, 4) is 0 Å². The fraction of sp³-hybridized carbons (Fsp3) is 0.600. The van der Waals surface area contributed by atoms with Crippen molar-refractivity contribution in [3.63, 3.8) is 0 Å². The highest BCUT2D eigenvalue weighted by atomic mass is 32.1. The Balaban J connectivity index is 1.91. The van der Waals surface area contributed by atoms with Gasteiger partial charge < -0.3 is 15.2 Å². The molecular formula is C10H14N2O3S. The maximum atomic E-state index is 11.7. The molecule has 5 nitrogen and oxygen atoms in total. The van der Waals surface area contributed by atoms with Crippen molar-refractivity contribution in [1.82, 2.24) is 4.98 Å². The molecule has 0 bridgehead atoms. The first-order valence-corrected chi connectivity index (χ1v) is 6.10. The van der Waals surface area contributed by atoms with Crippen LogP contribution >= 0.6 is 11.3 Å². The largest absolute Gasteiger partial charge is 0.457 e. The fourth-order valence-electron chi connectivity index (χ4n) is 1.50. The monoisotopic (exact) mass is 242 g/mol. The van der Waals surface area contributed by atoms with Crippen LogP contribution in [0.15, 0.2) is 5.38 Å². The van der Waals surface area contributed by atoms with Gasteiger partial charge in [0, 0.05) is 24.8 Å². The second-order valence-corrected chi connectivity index (χ2v) is 4.49. The number of rotatable bonds is 3. The van der Waals surface area contributed by atoms with Crippen molar-refractivity contribution in [2.45, 2.75) is 25.5 Å². The number of hydrogen-bond acceptors (Lipinski definition) is 6. The van der Waals surface area contributed by atoms with Crippen molar-refractivity contribution in [3.05, 3.63) is 16.1 Å². The summed E-state index contributed by atoms with van der Waals surface area (Å²) in [6.45, 7) is 1.67. The number of nitrogens with zero attached hydrogens (tertiary/aromatic N) is 1. The van der Waals surface area contributed by atoms with Crippen molar-refractivity contribution >= 4 is 17.3 Å². The Morgan fingerprint density at radius 1 is 1.62 bits per heavy atom. The van der Waals surface area contributed by atoms with Gasteiger partial charge in [-0.2, -0.15) is 0 Å². The lowest BCUT2D eigenvalue weighted by Crippen LogP contribution is -2.26. The molecule has 0 amide bonds. The molecule has 0 unspecified atom stereocenters. The predicted octanol–water partition coefficient (Wildman–Crippen LogP) is 0.938. The van der Waals surface area contributed by atoms with Gasteiger partial charge in [-0.15, -0.1) is 11.3 Å². The van der Waals surface area contributed by atoms with E-state index in [-0.39, 0.29) is 12.1 Å². The molecule has 0 saturated carbocycles. The van der Waals surface area contributed by atoms with E-state index in [1.54, 1.807) is 5.38 Å². The zero-order valence-corrected chi connectivity index (χ0v) is 9.66. The Morgan fingerprint density at radius 2 is 2.38 bits per heavy atom. The summed E-state index contributed by atoms with van der Waals surface area (Å²) < 4.78 is 10.5. The summed E-state index contributed by atoms with van der Waals surface area (Å²) in [5.74, 6) is -0.358. The standard InChI is InChI=1S/C10H14N2O3S/c11-5-9-12-8(6-16-9)10(13)15-7-1-3-14-4-2-7/h6-7H,1-5,11H2. The second kappa shape index (κ2) is 5.38. The fourth-order valence-corrected chi connectivity index (χ4v) is 2.15. The average Bonchev–Trinajstić information content (AvgIpc) is 2.79. The Kier molecular flexibility index (Phi) is 3.87. The summed E-state index contributed by atoms with van der Waals surface area (Å²) in [5, 5.41) is 2.43. The van der Waals surface area contributed by atoms with E-state index in [0.717, 1.165) is 17.8 Å². The molecule has 1 aliphatic rings. The first-order valence-electron chi connectivity index (χ1n) is 5.23. The van der Waals surface area contributed by atoms with Gasteiger partial charge in [0.1, 0.15) is 11.1 Å². The summed E-state index contributed by atoms with van der Waals surface area (Å²) in [4.78, 5) is 15.8. The van der Waals surface area contributed by atoms with Crippen LogP contribution < -0.4 is 5.73 Å². The third kappa shape index (κ3) is 2.78. The van der Waals surface area contributed by atoms with Gasteiger partial charge in [0.25, 0.3) is 0 Å². The number of esters is 1. The molecule has 1 aromatic heterocycles. The van der Waals surface area contributed by atoms with Crippen LogP contribution in [0.2, 0.25) is 0 Å². The molecule has 2 rings (SSSR count). The topological polar surface area (TPSA) is 74.4 Å². The number of ether oxygens (including phenoxy) is 2. The van der Waals surface area contributed by atoms with Crippen LogP contribution in [-0.2, 0) is 16.0 Å². The third-order valence-corrected chi connectivity index (χ3v) is 3.25. The lowest BCUT2D eigenvalue weighted by molar-refractivity contribution is -0.0162. The van der Waals surface area contributed by atoms with Gasteiger partial charge in [0.05, 0.1) is 13.2 Å². The normalized spacial score (nSPS) is 17.3. The minimum Gasteiger partial charge on any atom is -0.457 e. The lowest BCUT2D eigenvalue weighted by atomic mass is 10.1. The molecule has 0 aromatic carbocycles. The van der Waals surface area contributed by atoms with E-state index in [9.17, 15) is 4.79 Å². The molecule has 0 aliphatic carbocycles. The first kappa shape index (κ1) is 11.5. The van der Waals surface area contributed by atoms with Crippen LogP contribution in [0.4, 0.5) is 0 Å². The maximum Gasteiger partial charge on any atom is 0.358 e. The van der Waals surface area contributed by atoms with E-state index in [1.165, 1.54) is 11.3 Å². The maximum absolute atomic E-state index is 11.7. The molecule has 1 saturated heterocycles. The molecule has 0 radical (unpaired) electrons. The molecule has 6 heteroatoms. The minimum absolute atomic E-state index is 0.0377. The van der Waals surface area contributed by atoms with Crippen LogP contribution in [0.5, 0.6) is 0 Å². The molecule has 0 atom stereocenters. The molecule has 1 fully saturated rings. The average molecular weight is 242 g/mol. The number of nitrogens with two attached hydrogens (primary N) is 1. The highest BCUT2D eigenvalue weighted by molar-refractivity contribution is 7.09. The van der Waals surface area contributed by atoms with Gasteiger partial charge in [0.15, 0.2) is 5.69 Å². The number of carbonyl (C=O) groups is 1.